The second kappa shape index (κ2) is 7.00. The fraction of sp³-hybridized carbons (Fsp3) is 0.636. The van der Waals surface area contributed by atoms with E-state index < -0.39 is 12.0 Å². The zero-order valence-electron chi connectivity index (χ0n) is 10.2. The Bertz CT molecular complexity index is 304. The number of aliphatic imine (C=N–C) groups is 1. The van der Waals surface area contributed by atoms with E-state index in [-0.39, 0.29) is 0 Å². The highest BCUT2D eigenvalue weighted by Crippen LogP contribution is 2.11. The van der Waals surface area contributed by atoms with Crippen molar-refractivity contribution in [3.8, 4) is 0 Å². The summed E-state index contributed by atoms with van der Waals surface area (Å²) in [6.45, 7) is 6.23. The molecule has 0 rings (SSSR count). The first kappa shape index (κ1) is 14.6. The average molecular weight is 227 g/mol. The van der Waals surface area contributed by atoms with Crippen molar-refractivity contribution in [2.75, 3.05) is 6.54 Å². The molecular weight excluding hydrogens is 206 g/mol. The Balaban J connectivity index is 4.21. The summed E-state index contributed by atoms with van der Waals surface area (Å²) in [4.78, 5) is 14.6. The van der Waals surface area contributed by atoms with Gasteiger partial charge >= 0.3 is 5.97 Å². The predicted octanol–water partition coefficient (Wildman–Crippen LogP) is 0.892. The maximum absolute atomic E-state index is 10.5. The Morgan fingerprint density at radius 2 is 1.88 bits per heavy atom. The van der Waals surface area contributed by atoms with Crippen LogP contribution >= 0.6 is 0 Å². The van der Waals surface area contributed by atoms with Gasteiger partial charge in [-0.15, -0.1) is 0 Å². The highest BCUT2D eigenvalue weighted by Gasteiger charge is 2.11. The van der Waals surface area contributed by atoms with Gasteiger partial charge in [0.15, 0.2) is 0 Å². The Morgan fingerprint density at radius 3 is 2.31 bits per heavy atom. The van der Waals surface area contributed by atoms with Crippen molar-refractivity contribution < 1.29 is 9.90 Å². The summed E-state index contributed by atoms with van der Waals surface area (Å²) in [5.74, 6) is -0.407. The number of aliphatic carboxylic acids is 1. The van der Waals surface area contributed by atoms with Crippen LogP contribution in [0, 0.1) is 0 Å². The van der Waals surface area contributed by atoms with Crippen molar-refractivity contribution in [3.05, 3.63) is 11.1 Å². The zero-order chi connectivity index (χ0) is 12.7. The molecule has 0 aromatic rings. The van der Waals surface area contributed by atoms with E-state index in [2.05, 4.69) is 4.99 Å². The molecule has 0 aliphatic heterocycles. The van der Waals surface area contributed by atoms with Gasteiger partial charge in [-0.1, -0.05) is 11.1 Å². The molecule has 0 unspecified atom stereocenters. The molecule has 0 aromatic heterocycles. The number of hydrogen-bond acceptors (Lipinski definition) is 3. The molecule has 5 N–H and O–H groups in total. The molecule has 0 saturated heterocycles. The number of amidine groups is 1. The van der Waals surface area contributed by atoms with E-state index in [0.717, 1.165) is 11.1 Å². The van der Waals surface area contributed by atoms with Gasteiger partial charge in [-0.25, -0.2) is 0 Å². The molecule has 0 aliphatic carbocycles. The maximum Gasteiger partial charge on any atom is 0.320 e. The number of carboxylic acid groups (broad SMARTS) is 1. The summed E-state index contributed by atoms with van der Waals surface area (Å²) in [7, 11) is 0. The fourth-order valence-corrected chi connectivity index (χ4v) is 1.09. The van der Waals surface area contributed by atoms with Crippen LogP contribution in [0.4, 0.5) is 0 Å². The topological polar surface area (TPSA) is 102 Å². The van der Waals surface area contributed by atoms with E-state index in [1.54, 1.807) is 6.92 Å². The minimum Gasteiger partial charge on any atom is -0.480 e. The van der Waals surface area contributed by atoms with Gasteiger partial charge in [0.25, 0.3) is 0 Å². The quantitative estimate of drug-likeness (QED) is 0.356. The summed E-state index contributed by atoms with van der Waals surface area (Å²) >= 11 is 0. The molecule has 0 amide bonds. The van der Waals surface area contributed by atoms with Gasteiger partial charge in [0.05, 0.1) is 12.4 Å². The third-order valence-corrected chi connectivity index (χ3v) is 2.44. The lowest BCUT2D eigenvalue weighted by molar-refractivity contribution is -0.138. The van der Waals surface area contributed by atoms with Crippen LogP contribution in [0.2, 0.25) is 0 Å². The van der Waals surface area contributed by atoms with E-state index in [0.29, 0.717) is 25.2 Å². The number of carbonyl (C=O) groups is 1. The van der Waals surface area contributed by atoms with E-state index >= 15 is 0 Å². The van der Waals surface area contributed by atoms with E-state index in [1.165, 1.54) is 0 Å². The number of nitrogens with zero attached hydrogens (tertiary/aromatic N) is 1. The Hall–Kier alpha value is -1.36. The van der Waals surface area contributed by atoms with Crippen LogP contribution < -0.4 is 11.5 Å². The lowest BCUT2D eigenvalue weighted by atomic mass is 10.0. The minimum absolute atomic E-state index is 0.448. The van der Waals surface area contributed by atoms with Crippen molar-refractivity contribution in [2.45, 2.75) is 39.7 Å². The van der Waals surface area contributed by atoms with Gasteiger partial charge in [-0.05, 0) is 33.6 Å². The van der Waals surface area contributed by atoms with Crippen LogP contribution in [0.5, 0.6) is 0 Å². The normalized spacial score (nSPS) is 15.6. The summed E-state index contributed by atoms with van der Waals surface area (Å²) in [5, 5.41) is 8.63. The lowest BCUT2D eigenvalue weighted by Gasteiger charge is -2.08. The maximum atomic E-state index is 10.5. The number of allylic oxidation sites excluding steroid dienone is 1. The molecule has 0 heterocycles. The predicted molar refractivity (Wildman–Crippen MR) is 65.4 cm³/mol. The van der Waals surface area contributed by atoms with Crippen LogP contribution in [-0.4, -0.2) is 29.5 Å². The van der Waals surface area contributed by atoms with Crippen LogP contribution in [0.15, 0.2) is 16.1 Å². The molecule has 16 heavy (non-hydrogen) atoms. The highest BCUT2D eigenvalue weighted by atomic mass is 16.4. The second-order valence-corrected chi connectivity index (χ2v) is 4.00. The number of rotatable bonds is 6. The van der Waals surface area contributed by atoms with Crippen molar-refractivity contribution in [1.82, 2.24) is 0 Å². The van der Waals surface area contributed by atoms with Gasteiger partial charge in [0.1, 0.15) is 6.04 Å². The Kier molecular flexibility index (Phi) is 6.41. The van der Waals surface area contributed by atoms with Gasteiger partial charge < -0.3 is 16.6 Å². The second-order valence-electron chi connectivity index (χ2n) is 4.00. The molecule has 1 atom stereocenters. The number of nitrogens with two attached hydrogens (primary N) is 2. The molecule has 0 aliphatic rings. The van der Waals surface area contributed by atoms with Gasteiger partial charge in [-0.3, -0.25) is 9.79 Å². The molecule has 5 nitrogen and oxygen atoms in total. The number of hydrogen-bond donors (Lipinski definition) is 3. The minimum atomic E-state index is -0.957. The summed E-state index contributed by atoms with van der Waals surface area (Å²) < 4.78 is 0. The molecule has 0 aromatic carbocycles. The van der Waals surface area contributed by atoms with Crippen LogP contribution in [0.1, 0.15) is 33.6 Å². The highest BCUT2D eigenvalue weighted by molar-refractivity contribution is 5.77. The molecule has 92 valence electrons. The van der Waals surface area contributed by atoms with Crippen molar-refractivity contribution in [2.24, 2.45) is 16.5 Å². The summed E-state index contributed by atoms with van der Waals surface area (Å²) in [5.41, 5.74) is 13.1. The van der Waals surface area contributed by atoms with Gasteiger partial charge in [0, 0.05) is 0 Å². The first-order chi connectivity index (χ1) is 7.34. The third kappa shape index (κ3) is 6.19. The standard InChI is InChI=1S/C11H21N3O2/c1-7(4-5-10(13)11(15)16)8(2)6-14-9(3)12/h10H,4-6,13H2,1-3H3,(H2,12,14)(H,15,16)/b8-7+/t10-/m1/s1. The van der Waals surface area contributed by atoms with Gasteiger partial charge in [-0.2, -0.15) is 0 Å². The fourth-order valence-electron chi connectivity index (χ4n) is 1.09. The summed E-state index contributed by atoms with van der Waals surface area (Å²) in [6, 6.07) is -0.789. The monoisotopic (exact) mass is 227 g/mol. The van der Waals surface area contributed by atoms with Crippen LogP contribution in [0.3, 0.4) is 0 Å². The van der Waals surface area contributed by atoms with E-state index in [4.69, 9.17) is 16.6 Å². The molecule has 0 radical (unpaired) electrons. The average Bonchev–Trinajstić information content (AvgIpc) is 2.21. The molecule has 5 heteroatoms. The van der Waals surface area contributed by atoms with Crippen molar-refractivity contribution in [3.63, 3.8) is 0 Å². The van der Waals surface area contributed by atoms with Crippen LogP contribution in [0.25, 0.3) is 0 Å². The molecule has 0 bridgehead atoms. The van der Waals surface area contributed by atoms with Crippen molar-refractivity contribution >= 4 is 11.8 Å². The van der Waals surface area contributed by atoms with E-state index in [1.807, 2.05) is 13.8 Å². The molecule has 0 saturated carbocycles. The first-order valence-corrected chi connectivity index (χ1v) is 5.24. The number of carboxylic acids is 1. The van der Waals surface area contributed by atoms with E-state index in [9.17, 15) is 4.79 Å². The lowest BCUT2D eigenvalue weighted by Crippen LogP contribution is -2.29. The Morgan fingerprint density at radius 1 is 1.31 bits per heavy atom. The zero-order valence-corrected chi connectivity index (χ0v) is 10.2. The molecular formula is C11H21N3O2. The smallest absolute Gasteiger partial charge is 0.320 e. The molecule has 0 spiro atoms. The third-order valence-electron chi connectivity index (χ3n) is 2.44. The molecule has 0 fully saturated rings. The van der Waals surface area contributed by atoms with Gasteiger partial charge in [0.2, 0.25) is 0 Å². The van der Waals surface area contributed by atoms with Crippen LogP contribution in [-0.2, 0) is 4.79 Å². The first-order valence-electron chi connectivity index (χ1n) is 5.24. The Labute approximate surface area is 96.2 Å². The van der Waals surface area contributed by atoms with Crippen molar-refractivity contribution in [1.29, 1.82) is 0 Å². The summed E-state index contributed by atoms with van der Waals surface area (Å²) in [6.07, 6.45) is 1.13. The largest absolute Gasteiger partial charge is 0.480 e. The SMILES string of the molecule is CC(N)=NC/C(C)=C(\C)CC[C@@H](N)C(=O)O.